The number of halogens is 2. The first-order valence-corrected chi connectivity index (χ1v) is 6.97. The van der Waals surface area contributed by atoms with Crippen LogP contribution in [0.4, 0.5) is 4.39 Å². The summed E-state index contributed by atoms with van der Waals surface area (Å²) >= 11 is 3.41. The topological polar surface area (TPSA) is 36.4 Å². The Balaban J connectivity index is 2.03. The molecule has 0 saturated heterocycles. The summed E-state index contributed by atoms with van der Waals surface area (Å²) < 4.78 is 14.0. The highest BCUT2D eigenvalue weighted by molar-refractivity contribution is 9.10. The molecule has 0 aromatic heterocycles. The minimum Gasteiger partial charge on any atom is -0.357 e. The van der Waals surface area contributed by atoms with E-state index in [4.69, 9.17) is 0 Å². The van der Waals surface area contributed by atoms with E-state index < -0.39 is 0 Å². The van der Waals surface area contributed by atoms with E-state index in [1.54, 1.807) is 6.07 Å². The van der Waals surface area contributed by atoms with Gasteiger partial charge in [-0.25, -0.2) is 9.38 Å². The van der Waals surface area contributed by atoms with Gasteiger partial charge in [-0.05, 0) is 43.5 Å². The zero-order chi connectivity index (χ0) is 13.0. The third-order valence-electron chi connectivity index (χ3n) is 2.68. The molecule has 3 nitrogen and oxygen atoms in total. The molecule has 1 fully saturated rings. The molecular formula is C13H17BrFN3. The Morgan fingerprint density at radius 3 is 2.94 bits per heavy atom. The quantitative estimate of drug-likeness (QED) is 0.662. The Morgan fingerprint density at radius 1 is 1.50 bits per heavy atom. The number of nitrogens with one attached hydrogen (secondary N) is 2. The maximum Gasteiger partial charge on any atom is 0.191 e. The zero-order valence-electron chi connectivity index (χ0n) is 10.3. The Labute approximate surface area is 115 Å². The van der Waals surface area contributed by atoms with Gasteiger partial charge in [0.05, 0.1) is 6.54 Å². The summed E-state index contributed by atoms with van der Waals surface area (Å²) in [5.74, 6) is 0.569. The molecule has 0 bridgehead atoms. The smallest absolute Gasteiger partial charge is 0.191 e. The van der Waals surface area contributed by atoms with Crippen molar-refractivity contribution in [2.45, 2.75) is 32.4 Å². The van der Waals surface area contributed by atoms with Crippen LogP contribution >= 0.6 is 15.9 Å². The number of guanidine groups is 1. The number of aliphatic imine (C=N–C) groups is 1. The van der Waals surface area contributed by atoms with Crippen LogP contribution in [0.25, 0.3) is 0 Å². The maximum absolute atomic E-state index is 13.1. The van der Waals surface area contributed by atoms with E-state index in [1.807, 2.05) is 6.92 Å². The van der Waals surface area contributed by atoms with Gasteiger partial charge in [0.25, 0.3) is 0 Å². The van der Waals surface area contributed by atoms with Gasteiger partial charge in [0.2, 0.25) is 0 Å². The lowest BCUT2D eigenvalue weighted by atomic mass is 10.2. The van der Waals surface area contributed by atoms with Crippen LogP contribution in [0.5, 0.6) is 0 Å². The van der Waals surface area contributed by atoms with Gasteiger partial charge in [-0.2, -0.15) is 0 Å². The molecule has 0 atom stereocenters. The normalized spacial score (nSPS) is 15.6. The predicted molar refractivity (Wildman–Crippen MR) is 75.1 cm³/mol. The van der Waals surface area contributed by atoms with Crippen molar-refractivity contribution < 1.29 is 4.39 Å². The first-order chi connectivity index (χ1) is 8.69. The summed E-state index contributed by atoms with van der Waals surface area (Å²) in [6.07, 6.45) is 2.40. The van der Waals surface area contributed by atoms with E-state index in [9.17, 15) is 4.39 Å². The van der Waals surface area contributed by atoms with E-state index in [0.717, 1.165) is 22.5 Å². The van der Waals surface area contributed by atoms with Gasteiger partial charge in [-0.1, -0.05) is 15.9 Å². The summed E-state index contributed by atoms with van der Waals surface area (Å²) in [5.41, 5.74) is 0.850. The summed E-state index contributed by atoms with van der Waals surface area (Å²) in [6.45, 7) is 3.31. The van der Waals surface area contributed by atoms with E-state index >= 15 is 0 Å². The van der Waals surface area contributed by atoms with Crippen LogP contribution in [0.2, 0.25) is 0 Å². The van der Waals surface area contributed by atoms with Crippen molar-refractivity contribution in [2.24, 2.45) is 4.99 Å². The molecule has 98 valence electrons. The molecule has 0 spiro atoms. The maximum atomic E-state index is 13.1. The molecule has 1 aliphatic rings. The fourth-order valence-electron chi connectivity index (χ4n) is 1.57. The number of rotatable bonds is 4. The number of nitrogens with zero attached hydrogens (tertiary/aromatic N) is 1. The number of hydrogen-bond acceptors (Lipinski definition) is 1. The average molecular weight is 314 g/mol. The minimum atomic E-state index is -0.233. The van der Waals surface area contributed by atoms with Crippen LogP contribution in [-0.2, 0) is 6.54 Å². The van der Waals surface area contributed by atoms with Crippen molar-refractivity contribution in [2.75, 3.05) is 6.54 Å². The Kier molecular flexibility index (Phi) is 4.58. The molecule has 1 aromatic carbocycles. The molecule has 5 heteroatoms. The lowest BCUT2D eigenvalue weighted by molar-refractivity contribution is 0.625. The largest absolute Gasteiger partial charge is 0.357 e. The van der Waals surface area contributed by atoms with Crippen LogP contribution in [0.15, 0.2) is 27.7 Å². The Bertz CT molecular complexity index is 444. The molecule has 0 heterocycles. The second-order valence-corrected chi connectivity index (χ2v) is 5.20. The monoisotopic (exact) mass is 313 g/mol. The average Bonchev–Trinajstić information content (AvgIpc) is 3.14. The highest BCUT2D eigenvalue weighted by Gasteiger charge is 2.22. The molecule has 1 aliphatic carbocycles. The number of benzene rings is 1. The lowest BCUT2D eigenvalue weighted by Gasteiger charge is -2.10. The van der Waals surface area contributed by atoms with Crippen molar-refractivity contribution in [1.82, 2.24) is 10.6 Å². The van der Waals surface area contributed by atoms with Gasteiger partial charge in [0.1, 0.15) is 5.82 Å². The lowest BCUT2D eigenvalue weighted by Crippen LogP contribution is -2.38. The summed E-state index contributed by atoms with van der Waals surface area (Å²) in [4.78, 5) is 4.46. The SMILES string of the molecule is CCNC(=NCc1cc(F)ccc1Br)NC1CC1. The molecule has 0 amide bonds. The van der Waals surface area contributed by atoms with Crippen molar-refractivity contribution in [3.05, 3.63) is 34.1 Å². The summed E-state index contributed by atoms with van der Waals surface area (Å²) in [5, 5.41) is 6.51. The second-order valence-electron chi connectivity index (χ2n) is 4.35. The predicted octanol–water partition coefficient (Wildman–Crippen LogP) is 2.81. The first kappa shape index (κ1) is 13.3. The Hall–Kier alpha value is -1.10. The first-order valence-electron chi connectivity index (χ1n) is 6.18. The van der Waals surface area contributed by atoms with Crippen molar-refractivity contribution >= 4 is 21.9 Å². The second kappa shape index (κ2) is 6.18. The summed E-state index contributed by atoms with van der Waals surface area (Å²) in [6, 6.07) is 5.21. The molecule has 1 aromatic rings. The molecule has 2 rings (SSSR count). The van der Waals surface area contributed by atoms with Crippen LogP contribution in [0, 0.1) is 5.82 Å². The van der Waals surface area contributed by atoms with Gasteiger partial charge in [0.15, 0.2) is 5.96 Å². The van der Waals surface area contributed by atoms with E-state index in [2.05, 4.69) is 31.6 Å². The molecule has 0 aliphatic heterocycles. The highest BCUT2D eigenvalue weighted by atomic mass is 79.9. The van der Waals surface area contributed by atoms with Crippen molar-refractivity contribution in [1.29, 1.82) is 0 Å². The van der Waals surface area contributed by atoms with Gasteiger partial charge in [0, 0.05) is 17.1 Å². The third kappa shape index (κ3) is 3.98. The zero-order valence-corrected chi connectivity index (χ0v) is 11.9. The van der Waals surface area contributed by atoms with E-state index in [-0.39, 0.29) is 5.82 Å². The van der Waals surface area contributed by atoms with Crippen molar-refractivity contribution in [3.8, 4) is 0 Å². The van der Waals surface area contributed by atoms with Crippen LogP contribution in [0.1, 0.15) is 25.3 Å². The van der Waals surface area contributed by atoms with Crippen LogP contribution in [-0.4, -0.2) is 18.5 Å². The summed E-state index contributed by atoms with van der Waals surface area (Å²) in [7, 11) is 0. The highest BCUT2D eigenvalue weighted by Crippen LogP contribution is 2.20. The van der Waals surface area contributed by atoms with E-state index in [0.29, 0.717) is 12.6 Å². The van der Waals surface area contributed by atoms with Gasteiger partial charge in [-0.15, -0.1) is 0 Å². The minimum absolute atomic E-state index is 0.233. The van der Waals surface area contributed by atoms with E-state index in [1.165, 1.54) is 25.0 Å². The van der Waals surface area contributed by atoms with Crippen LogP contribution in [0.3, 0.4) is 0 Å². The number of hydrogen-bond donors (Lipinski definition) is 2. The van der Waals surface area contributed by atoms with Crippen LogP contribution < -0.4 is 10.6 Å². The van der Waals surface area contributed by atoms with Gasteiger partial charge >= 0.3 is 0 Å². The molecule has 2 N–H and O–H groups in total. The Morgan fingerprint density at radius 2 is 2.28 bits per heavy atom. The molecule has 1 saturated carbocycles. The van der Waals surface area contributed by atoms with Gasteiger partial charge in [-0.3, -0.25) is 0 Å². The molecule has 0 unspecified atom stereocenters. The molecular weight excluding hydrogens is 297 g/mol. The molecule has 18 heavy (non-hydrogen) atoms. The standard InChI is InChI=1S/C13H17BrFN3/c1-2-16-13(18-11-4-5-11)17-8-9-7-10(15)3-6-12(9)14/h3,6-7,11H,2,4-5,8H2,1H3,(H2,16,17,18). The van der Waals surface area contributed by atoms with Crippen molar-refractivity contribution in [3.63, 3.8) is 0 Å². The fraction of sp³-hybridized carbons (Fsp3) is 0.462. The molecule has 0 radical (unpaired) electrons. The third-order valence-corrected chi connectivity index (χ3v) is 3.45. The fourth-order valence-corrected chi connectivity index (χ4v) is 1.94. The van der Waals surface area contributed by atoms with Gasteiger partial charge < -0.3 is 10.6 Å².